The second-order valence-corrected chi connectivity index (χ2v) is 6.87. The number of hydrogen-bond donors (Lipinski definition) is 1. The number of carbonyl (C=O) groups is 2. The van der Waals surface area contributed by atoms with Crippen molar-refractivity contribution in [3.8, 4) is 0 Å². The van der Waals surface area contributed by atoms with Gasteiger partial charge in [0, 0.05) is 25.0 Å². The highest BCUT2D eigenvalue weighted by Crippen LogP contribution is 2.21. The van der Waals surface area contributed by atoms with Crippen LogP contribution < -0.4 is 5.32 Å². The third kappa shape index (κ3) is 4.11. The van der Waals surface area contributed by atoms with Gasteiger partial charge < -0.3 is 15.0 Å². The normalized spacial score (nSPS) is 12.8. The van der Waals surface area contributed by atoms with E-state index in [1.165, 1.54) is 18.2 Å². The third-order valence-corrected chi connectivity index (χ3v) is 5.01. The summed E-state index contributed by atoms with van der Waals surface area (Å²) in [6.07, 6.45) is 2.46. The SMILES string of the molecule is COC(=O)c1ccc(Nc2ccc(C(=O)N3CCc4ccccc4C3)cn2)cc1. The van der Waals surface area contributed by atoms with Crippen LogP contribution in [0.3, 0.4) is 0 Å². The largest absolute Gasteiger partial charge is 0.465 e. The summed E-state index contributed by atoms with van der Waals surface area (Å²) in [7, 11) is 1.35. The molecular weight excluding hydrogens is 366 g/mol. The molecule has 1 aliphatic heterocycles. The van der Waals surface area contributed by atoms with E-state index in [2.05, 4.69) is 22.4 Å². The fourth-order valence-corrected chi connectivity index (χ4v) is 3.40. The standard InChI is InChI=1S/C23H21N3O3/c1-29-23(28)17-6-9-20(10-7-17)25-21-11-8-18(14-24-21)22(27)26-13-12-16-4-2-3-5-19(16)15-26/h2-11,14H,12-13,15H2,1H3,(H,24,25). The third-order valence-electron chi connectivity index (χ3n) is 5.01. The zero-order chi connectivity index (χ0) is 20.2. The van der Waals surface area contributed by atoms with Crippen LogP contribution in [-0.2, 0) is 17.7 Å². The minimum absolute atomic E-state index is 0.0130. The van der Waals surface area contributed by atoms with E-state index in [1.807, 2.05) is 17.0 Å². The van der Waals surface area contributed by atoms with Crippen molar-refractivity contribution in [2.75, 3.05) is 19.0 Å². The number of aromatic nitrogens is 1. The van der Waals surface area contributed by atoms with Crippen molar-refractivity contribution in [1.82, 2.24) is 9.88 Å². The lowest BCUT2D eigenvalue weighted by atomic mass is 9.99. The van der Waals surface area contributed by atoms with Crippen LogP contribution in [0.5, 0.6) is 0 Å². The Balaban J connectivity index is 1.41. The molecule has 0 bridgehead atoms. The maximum Gasteiger partial charge on any atom is 0.337 e. The van der Waals surface area contributed by atoms with Crippen LogP contribution in [0, 0.1) is 0 Å². The summed E-state index contributed by atoms with van der Waals surface area (Å²) in [5.74, 6) is 0.232. The van der Waals surface area contributed by atoms with E-state index in [-0.39, 0.29) is 11.9 Å². The predicted molar refractivity (Wildman–Crippen MR) is 110 cm³/mol. The van der Waals surface area contributed by atoms with Gasteiger partial charge in [-0.15, -0.1) is 0 Å². The van der Waals surface area contributed by atoms with Crippen molar-refractivity contribution >= 4 is 23.4 Å². The van der Waals surface area contributed by atoms with Crippen molar-refractivity contribution < 1.29 is 14.3 Å². The summed E-state index contributed by atoms with van der Waals surface area (Å²) in [4.78, 5) is 30.5. The minimum atomic E-state index is -0.377. The molecule has 29 heavy (non-hydrogen) atoms. The Labute approximate surface area is 169 Å². The maximum atomic E-state index is 12.8. The average Bonchev–Trinajstić information content (AvgIpc) is 2.79. The highest BCUT2D eigenvalue weighted by atomic mass is 16.5. The number of pyridine rings is 1. The van der Waals surface area contributed by atoms with Gasteiger partial charge in [-0.05, 0) is 53.9 Å². The number of carbonyl (C=O) groups excluding carboxylic acids is 2. The lowest BCUT2D eigenvalue weighted by molar-refractivity contribution is 0.0600. The van der Waals surface area contributed by atoms with Crippen LogP contribution in [0.2, 0.25) is 0 Å². The van der Waals surface area contributed by atoms with Gasteiger partial charge in [0.15, 0.2) is 0 Å². The summed E-state index contributed by atoms with van der Waals surface area (Å²) in [6, 6.07) is 18.7. The van der Waals surface area contributed by atoms with E-state index in [9.17, 15) is 9.59 Å². The molecule has 0 spiro atoms. The second-order valence-electron chi connectivity index (χ2n) is 6.87. The molecule has 0 radical (unpaired) electrons. The number of ether oxygens (including phenoxy) is 1. The number of hydrogen-bond acceptors (Lipinski definition) is 5. The molecule has 2 heterocycles. The van der Waals surface area contributed by atoms with Crippen LogP contribution >= 0.6 is 0 Å². The van der Waals surface area contributed by atoms with Gasteiger partial charge in [-0.1, -0.05) is 24.3 Å². The van der Waals surface area contributed by atoms with Crippen LogP contribution in [0.1, 0.15) is 31.8 Å². The van der Waals surface area contributed by atoms with Crippen molar-refractivity contribution in [2.24, 2.45) is 0 Å². The van der Waals surface area contributed by atoms with Crippen molar-refractivity contribution in [3.63, 3.8) is 0 Å². The molecule has 0 aliphatic carbocycles. The second kappa shape index (κ2) is 8.14. The van der Waals surface area contributed by atoms with Crippen molar-refractivity contribution in [1.29, 1.82) is 0 Å². The molecule has 1 N–H and O–H groups in total. The first-order chi connectivity index (χ1) is 14.1. The molecule has 146 valence electrons. The number of rotatable bonds is 4. The lowest BCUT2D eigenvalue weighted by Crippen LogP contribution is -2.35. The average molecular weight is 387 g/mol. The first-order valence-electron chi connectivity index (χ1n) is 9.41. The molecule has 1 aliphatic rings. The molecule has 1 amide bonds. The minimum Gasteiger partial charge on any atom is -0.465 e. The number of esters is 1. The molecule has 0 atom stereocenters. The van der Waals surface area contributed by atoms with Crippen LogP contribution in [0.15, 0.2) is 66.9 Å². The van der Waals surface area contributed by atoms with Crippen molar-refractivity contribution in [3.05, 3.63) is 89.1 Å². The van der Waals surface area contributed by atoms with E-state index in [0.29, 0.717) is 30.0 Å². The predicted octanol–water partition coefficient (Wildman–Crippen LogP) is 3.81. The Kier molecular flexibility index (Phi) is 5.24. The topological polar surface area (TPSA) is 71.5 Å². The zero-order valence-corrected chi connectivity index (χ0v) is 16.1. The Morgan fingerprint density at radius 3 is 2.38 bits per heavy atom. The van der Waals surface area contributed by atoms with E-state index in [0.717, 1.165) is 12.1 Å². The van der Waals surface area contributed by atoms with E-state index >= 15 is 0 Å². The number of methoxy groups -OCH3 is 1. The summed E-state index contributed by atoms with van der Waals surface area (Å²) >= 11 is 0. The van der Waals surface area contributed by atoms with Crippen LogP contribution in [0.4, 0.5) is 11.5 Å². The summed E-state index contributed by atoms with van der Waals surface area (Å²) in [5.41, 5.74) is 4.35. The Morgan fingerprint density at radius 1 is 0.966 bits per heavy atom. The van der Waals surface area contributed by atoms with E-state index < -0.39 is 0 Å². The molecule has 6 heteroatoms. The molecule has 1 aromatic heterocycles. The highest BCUT2D eigenvalue weighted by Gasteiger charge is 2.21. The molecule has 0 fully saturated rings. The summed E-state index contributed by atoms with van der Waals surface area (Å²) in [6.45, 7) is 1.34. The quantitative estimate of drug-likeness (QED) is 0.690. The summed E-state index contributed by atoms with van der Waals surface area (Å²) in [5, 5.41) is 3.16. The highest BCUT2D eigenvalue weighted by molar-refractivity contribution is 5.94. The first kappa shape index (κ1) is 18.7. The number of benzene rings is 2. The molecule has 2 aromatic carbocycles. The van der Waals surface area contributed by atoms with Gasteiger partial charge in [0.25, 0.3) is 5.91 Å². The first-order valence-corrected chi connectivity index (χ1v) is 9.41. The van der Waals surface area contributed by atoms with Crippen molar-refractivity contribution in [2.45, 2.75) is 13.0 Å². The lowest BCUT2D eigenvalue weighted by Gasteiger charge is -2.28. The number of anilines is 2. The monoisotopic (exact) mass is 387 g/mol. The maximum absolute atomic E-state index is 12.8. The number of nitrogens with zero attached hydrogens (tertiary/aromatic N) is 2. The van der Waals surface area contributed by atoms with Gasteiger partial charge in [0.05, 0.1) is 18.2 Å². The molecule has 3 aromatic rings. The van der Waals surface area contributed by atoms with Gasteiger partial charge >= 0.3 is 5.97 Å². The Morgan fingerprint density at radius 2 is 1.69 bits per heavy atom. The van der Waals surface area contributed by atoms with Crippen LogP contribution in [-0.4, -0.2) is 35.4 Å². The van der Waals surface area contributed by atoms with Gasteiger partial charge in [-0.25, -0.2) is 9.78 Å². The van der Waals surface area contributed by atoms with E-state index in [4.69, 9.17) is 4.74 Å². The molecule has 0 unspecified atom stereocenters. The fourth-order valence-electron chi connectivity index (χ4n) is 3.40. The smallest absolute Gasteiger partial charge is 0.337 e. The van der Waals surface area contributed by atoms with Crippen LogP contribution in [0.25, 0.3) is 0 Å². The van der Waals surface area contributed by atoms with Gasteiger partial charge in [-0.3, -0.25) is 4.79 Å². The molecule has 4 rings (SSSR count). The van der Waals surface area contributed by atoms with Gasteiger partial charge in [-0.2, -0.15) is 0 Å². The van der Waals surface area contributed by atoms with Gasteiger partial charge in [0.1, 0.15) is 5.82 Å². The summed E-state index contributed by atoms with van der Waals surface area (Å²) < 4.78 is 4.69. The number of amides is 1. The molecular formula is C23H21N3O3. The van der Waals surface area contributed by atoms with E-state index in [1.54, 1.807) is 42.6 Å². The molecule has 6 nitrogen and oxygen atoms in total. The van der Waals surface area contributed by atoms with Gasteiger partial charge in [0.2, 0.25) is 0 Å². The fraction of sp³-hybridized carbons (Fsp3) is 0.174. The molecule has 0 saturated carbocycles. The number of fused-ring (bicyclic) bond motifs is 1. The zero-order valence-electron chi connectivity index (χ0n) is 16.1. The number of nitrogens with one attached hydrogen (secondary N) is 1. The molecule has 0 saturated heterocycles. The Hall–Kier alpha value is -3.67. The Bertz CT molecular complexity index is 1030.